The minimum absolute atomic E-state index is 0.0584. The van der Waals surface area contributed by atoms with Gasteiger partial charge in [0.1, 0.15) is 100 Å². The maximum absolute atomic E-state index is 15.7. The number of benzene rings is 2. The van der Waals surface area contributed by atoms with Crippen LogP contribution in [0.25, 0.3) is 43.4 Å². The Morgan fingerprint density at radius 2 is 1.32 bits per heavy atom. The smallest absolute Gasteiger partial charge is 0.469 e. The van der Waals surface area contributed by atoms with Crippen LogP contribution in [0.1, 0.15) is 147 Å². The average molecular weight is 1510 g/mol. The van der Waals surface area contributed by atoms with Crippen molar-refractivity contribution < 1.29 is 76.4 Å². The molecule has 1 aliphatic carbocycles. The lowest BCUT2D eigenvalue weighted by atomic mass is 9.87. The molecule has 9 aromatic rings. The molecule has 0 spiro atoms. The molecule has 7 atom stereocenters. The third-order valence-corrected chi connectivity index (χ3v) is 22.5. The van der Waals surface area contributed by atoms with Crippen molar-refractivity contribution in [3.8, 4) is 49.1 Å². The maximum atomic E-state index is 15.7. The highest BCUT2D eigenvalue weighted by Gasteiger charge is 2.48. The second-order valence-corrected chi connectivity index (χ2v) is 29.6. The summed E-state index contributed by atoms with van der Waals surface area (Å²) in [4.78, 5) is 172. The van der Waals surface area contributed by atoms with Crippen molar-refractivity contribution in [2.45, 2.75) is 116 Å². The third kappa shape index (κ3) is 16.9. The summed E-state index contributed by atoms with van der Waals surface area (Å²) in [5, 5.41) is 21.4. The third-order valence-electron chi connectivity index (χ3n) is 16.9. The van der Waals surface area contributed by atoms with Gasteiger partial charge in [-0.2, -0.15) is 0 Å². The van der Waals surface area contributed by atoms with Crippen molar-refractivity contribution in [2.75, 3.05) is 25.6 Å². The highest BCUT2D eigenvalue weighted by molar-refractivity contribution is 7.15. The highest BCUT2D eigenvalue weighted by Crippen LogP contribution is 2.44. The van der Waals surface area contributed by atoms with Gasteiger partial charge in [0, 0.05) is 63.5 Å². The quantitative estimate of drug-likeness (QED) is 0.0383. The molecule has 7 aromatic heterocycles. The summed E-state index contributed by atoms with van der Waals surface area (Å²) in [6.45, 7) is 7.49. The number of nitrogens with one attached hydrogen (secondary N) is 4. The zero-order valence-corrected chi connectivity index (χ0v) is 60.6. The molecule has 1 saturated heterocycles. The molecule has 0 unspecified atom stereocenters. The van der Waals surface area contributed by atoms with Gasteiger partial charge in [0.25, 0.3) is 17.7 Å². The highest BCUT2D eigenvalue weighted by atomic mass is 32.1. The number of primary amides is 1. The number of fused-ring (bicyclic) bond motifs is 16. The van der Waals surface area contributed by atoms with E-state index in [4.69, 9.17) is 59.1 Å². The molecule has 534 valence electrons. The van der Waals surface area contributed by atoms with E-state index in [1.165, 1.54) is 82.8 Å². The molecule has 9 heterocycles. The number of carbonyl (C=O) groups excluding carboxylic acids is 10. The van der Waals surface area contributed by atoms with Crippen LogP contribution in [-0.4, -0.2) is 138 Å². The van der Waals surface area contributed by atoms with Crippen LogP contribution in [-0.2, 0) is 54.1 Å². The summed E-state index contributed by atoms with van der Waals surface area (Å²) in [6, 6.07) is 13.5. The van der Waals surface area contributed by atoms with E-state index in [0.717, 1.165) is 34.0 Å². The van der Waals surface area contributed by atoms with E-state index < -0.39 is 109 Å². The van der Waals surface area contributed by atoms with E-state index in [1.807, 2.05) is 6.92 Å². The summed E-state index contributed by atoms with van der Waals surface area (Å²) in [6.07, 6.45) is -2.74. The molecule has 2 aliphatic heterocycles. The molecule has 12 rings (SSSR count). The average Bonchev–Trinajstić information content (AvgIpc) is 1.64. The zero-order chi connectivity index (χ0) is 72.8. The summed E-state index contributed by atoms with van der Waals surface area (Å²) < 4.78 is 32.7. The molecule has 2 fully saturated rings. The number of anilines is 1. The Kier molecular flexibility index (Phi) is 22.5. The number of rotatable bonds is 14. The summed E-state index contributed by atoms with van der Waals surface area (Å²) >= 11 is 6.76. The first-order valence-electron chi connectivity index (χ1n) is 32.2. The number of hydrogen-bond acceptors (Lipinski definition) is 29. The SMILES string of the molecule is CCOC(=O)Oc1ccc(C[C@@H]2NC(=O)c3csc(n3)[C@H]([C@H](OC(C)=O)c3ccccc3)NC(=O)c3nc(sc3C)[C@H](CC(N)=O)NC(=O)c3csc(n3)-c3ccc(-c4nc(NC(=O)OC5CCC(C(=O)OC)CC5)cs4)nc3-c3csc(n3)-c3csc(n3)[C@@H]3[C@@H](C)[C@@H](OC(C)=O)CN3C2=O)cc1. The molecule has 3 aliphatic rings. The minimum Gasteiger partial charge on any atom is -0.469 e. The Bertz CT molecular complexity index is 4700. The Hall–Kier alpha value is -10.3. The number of methoxy groups -OCH3 is 1. The van der Waals surface area contributed by atoms with E-state index in [0.29, 0.717) is 90.1 Å². The first kappa shape index (κ1) is 72.5. The van der Waals surface area contributed by atoms with Crippen molar-refractivity contribution in [3.05, 3.63) is 142 Å². The van der Waals surface area contributed by atoms with Crippen LogP contribution in [0, 0.1) is 18.8 Å². The standard InChI is InChI=1S/C68H65N13O16S6/c1-7-93-68(91)97-39-17-13-35(14-18-39)23-43-65(88)81-25-48(94-33(4)82)31(2)54(81)64-76-47(29-101-64)61-73-44(26-99-61)52-40(21-22-41(70-52)60-77-50(30-102-60)78-67(90)96-38-19-15-37(16-20-38)66(89)92-6)59-74-45(27-98-59)56(85)71-42(24-49(69)84)62-80-51(32(3)103-62)58(87)79-53(63-75-46(28-100-63)57(86)72-43)55(95-34(5)83)36-11-9-8-10-12-36/h8-14,17-18,21-22,26-31,37-38,42-43,48,53-55H,7,15-16,19-20,23-25H2,1-6H3,(H2,69,84)(H,71,85)(H,72,86)(H,78,90)(H,79,87)/t31-,37?,38?,42-,43-,48-,53-,54-,55+/m0/s1. The number of pyridine rings is 1. The van der Waals surface area contributed by atoms with Gasteiger partial charge in [0.2, 0.25) is 11.8 Å². The predicted octanol–water partition coefficient (Wildman–Crippen LogP) is 10.5. The second-order valence-electron chi connectivity index (χ2n) is 24.0. The Labute approximate surface area is 611 Å². The Morgan fingerprint density at radius 3 is 2.04 bits per heavy atom. The van der Waals surface area contributed by atoms with Crippen LogP contribution in [0.3, 0.4) is 0 Å². The molecule has 6 amide bonds. The zero-order valence-electron chi connectivity index (χ0n) is 55.7. The van der Waals surface area contributed by atoms with Crippen molar-refractivity contribution in [1.82, 2.24) is 55.7 Å². The van der Waals surface area contributed by atoms with Crippen molar-refractivity contribution >= 4 is 134 Å². The summed E-state index contributed by atoms with van der Waals surface area (Å²) in [5.41, 5.74) is 8.28. The van der Waals surface area contributed by atoms with E-state index in [9.17, 15) is 43.2 Å². The predicted molar refractivity (Wildman–Crippen MR) is 379 cm³/mol. The van der Waals surface area contributed by atoms with Gasteiger partial charge >= 0.3 is 30.2 Å². The van der Waals surface area contributed by atoms with Gasteiger partial charge in [-0.25, -0.2) is 44.5 Å². The fraction of sp³-hybridized carbons (Fsp3) is 0.338. The second kappa shape index (κ2) is 31.9. The molecule has 29 nitrogen and oxygen atoms in total. The van der Waals surface area contributed by atoms with E-state index in [2.05, 4.69) is 31.2 Å². The van der Waals surface area contributed by atoms with Crippen LogP contribution in [0.4, 0.5) is 15.4 Å². The number of ether oxygens (including phenoxy) is 6. The minimum atomic E-state index is -1.37. The molecule has 35 heteroatoms. The maximum Gasteiger partial charge on any atom is 0.513 e. The number of aromatic nitrogens is 7. The molecule has 6 N–H and O–H groups in total. The fourth-order valence-electron chi connectivity index (χ4n) is 12.1. The number of amides is 6. The Morgan fingerprint density at radius 1 is 0.660 bits per heavy atom. The number of hydrogen-bond donors (Lipinski definition) is 5. The van der Waals surface area contributed by atoms with Crippen molar-refractivity contribution in [1.29, 1.82) is 0 Å². The number of aryl methyl sites for hydroxylation is 1. The molecular formula is C68H65N13O16S6. The van der Waals surface area contributed by atoms with E-state index in [1.54, 1.807) is 84.6 Å². The molecule has 1 saturated carbocycles. The normalized spacial score (nSPS) is 20.2. The summed E-state index contributed by atoms with van der Waals surface area (Å²) in [5.74, 6) is -5.83. The van der Waals surface area contributed by atoms with Crippen LogP contribution in [0.15, 0.2) is 93.6 Å². The number of esters is 3. The largest absolute Gasteiger partial charge is 0.513 e. The first-order chi connectivity index (χ1) is 49.6. The molecule has 0 radical (unpaired) electrons. The lowest BCUT2D eigenvalue weighted by molar-refractivity contribution is -0.149. The number of thiazole rings is 6. The van der Waals surface area contributed by atoms with Gasteiger partial charge in [-0.05, 0) is 74.9 Å². The Balaban J connectivity index is 0.941. The molecule has 103 heavy (non-hydrogen) atoms. The summed E-state index contributed by atoms with van der Waals surface area (Å²) in [7, 11) is 1.35. The fourth-order valence-corrected chi connectivity index (χ4v) is 17.3. The van der Waals surface area contributed by atoms with Crippen LogP contribution in [0.5, 0.6) is 5.75 Å². The monoisotopic (exact) mass is 1510 g/mol. The number of carbonyl (C=O) groups is 10. The van der Waals surface area contributed by atoms with Crippen molar-refractivity contribution in [3.63, 3.8) is 0 Å². The van der Waals surface area contributed by atoms with E-state index >= 15 is 4.79 Å². The first-order valence-corrected chi connectivity index (χ1v) is 37.4. The topological polar surface area (TPSA) is 394 Å². The number of nitrogens with zero attached hydrogens (tertiary/aromatic N) is 8. The molecular weight excluding hydrogens is 1450 g/mol. The van der Waals surface area contributed by atoms with Crippen LogP contribution >= 0.6 is 68.0 Å². The van der Waals surface area contributed by atoms with Gasteiger partial charge < -0.3 is 55.0 Å². The molecule has 10 bridgehead atoms. The number of nitrogens with two attached hydrogens (primary N) is 1. The van der Waals surface area contributed by atoms with Gasteiger partial charge in [-0.3, -0.25) is 43.7 Å². The van der Waals surface area contributed by atoms with Gasteiger partial charge in [-0.15, -0.1) is 68.0 Å². The van der Waals surface area contributed by atoms with Gasteiger partial charge in [-0.1, -0.05) is 49.4 Å². The van der Waals surface area contributed by atoms with Crippen molar-refractivity contribution in [2.24, 2.45) is 17.6 Å². The van der Waals surface area contributed by atoms with Crippen LogP contribution in [0.2, 0.25) is 0 Å². The molecule has 2 aromatic carbocycles. The lowest BCUT2D eigenvalue weighted by Gasteiger charge is -2.29. The van der Waals surface area contributed by atoms with Crippen LogP contribution < -0.4 is 31.7 Å². The van der Waals surface area contributed by atoms with Gasteiger partial charge in [0.15, 0.2) is 6.10 Å². The van der Waals surface area contributed by atoms with Gasteiger partial charge in [0.05, 0.1) is 50.4 Å². The lowest BCUT2D eigenvalue weighted by Crippen LogP contribution is -2.50. The van der Waals surface area contributed by atoms with E-state index in [-0.39, 0.29) is 70.1 Å².